The Kier molecular flexibility index (Phi) is 6.35. The Labute approximate surface area is 168 Å². The number of hydrogen-bond acceptors (Lipinski definition) is 4. The molecule has 0 unspecified atom stereocenters. The standard InChI is InChI=1S/C23H31N3O2/c1-5-28-20-12-8-17(9-13-20)15-26(19-10-11-19)16-18-7-6-14-24-21(18)25-22(27)23(2,3)4/h6-9,12-14,19H,5,10-11,15-16H2,1-4H3,(H,24,25,27). The van der Waals surface area contributed by atoms with Crippen LogP contribution in [0.4, 0.5) is 5.82 Å². The summed E-state index contributed by atoms with van der Waals surface area (Å²) in [4.78, 5) is 19.3. The van der Waals surface area contributed by atoms with Gasteiger partial charge in [-0.1, -0.05) is 39.0 Å². The summed E-state index contributed by atoms with van der Waals surface area (Å²) in [7, 11) is 0. The number of carbonyl (C=O) groups excluding carboxylic acids is 1. The molecule has 1 aromatic heterocycles. The van der Waals surface area contributed by atoms with E-state index in [0.29, 0.717) is 18.5 Å². The van der Waals surface area contributed by atoms with Crippen LogP contribution >= 0.6 is 0 Å². The number of nitrogens with zero attached hydrogens (tertiary/aromatic N) is 2. The van der Waals surface area contributed by atoms with E-state index in [-0.39, 0.29) is 5.91 Å². The maximum Gasteiger partial charge on any atom is 0.230 e. The normalized spacial score (nSPS) is 14.2. The van der Waals surface area contributed by atoms with Gasteiger partial charge in [0.2, 0.25) is 5.91 Å². The van der Waals surface area contributed by atoms with Gasteiger partial charge in [-0.25, -0.2) is 4.98 Å². The van der Waals surface area contributed by atoms with Crippen molar-refractivity contribution in [1.82, 2.24) is 9.88 Å². The molecule has 1 aliphatic rings. The first-order valence-electron chi connectivity index (χ1n) is 10.1. The number of benzene rings is 1. The molecule has 5 nitrogen and oxygen atoms in total. The summed E-state index contributed by atoms with van der Waals surface area (Å²) in [5, 5.41) is 3.01. The van der Waals surface area contributed by atoms with Crippen molar-refractivity contribution in [2.45, 2.75) is 59.7 Å². The van der Waals surface area contributed by atoms with Crippen LogP contribution in [0.5, 0.6) is 5.75 Å². The van der Waals surface area contributed by atoms with Gasteiger partial charge in [0.05, 0.1) is 6.61 Å². The molecule has 1 N–H and O–H groups in total. The highest BCUT2D eigenvalue weighted by atomic mass is 16.5. The number of rotatable bonds is 8. The average molecular weight is 382 g/mol. The summed E-state index contributed by atoms with van der Waals surface area (Å²) >= 11 is 0. The van der Waals surface area contributed by atoms with E-state index in [1.807, 2.05) is 45.9 Å². The third-order valence-corrected chi connectivity index (χ3v) is 4.86. The molecule has 0 atom stereocenters. The molecule has 28 heavy (non-hydrogen) atoms. The number of hydrogen-bond donors (Lipinski definition) is 1. The lowest BCUT2D eigenvalue weighted by atomic mass is 9.95. The number of nitrogens with one attached hydrogen (secondary N) is 1. The van der Waals surface area contributed by atoms with Crippen LogP contribution in [0.15, 0.2) is 42.6 Å². The van der Waals surface area contributed by atoms with Gasteiger partial charge in [0.1, 0.15) is 11.6 Å². The smallest absolute Gasteiger partial charge is 0.230 e. The molecule has 1 amide bonds. The number of aromatic nitrogens is 1. The van der Waals surface area contributed by atoms with Crippen molar-refractivity contribution in [2.75, 3.05) is 11.9 Å². The SMILES string of the molecule is CCOc1ccc(CN(Cc2cccnc2NC(=O)C(C)(C)C)C2CC2)cc1. The zero-order valence-corrected chi connectivity index (χ0v) is 17.4. The molecule has 1 aromatic carbocycles. The molecule has 1 saturated carbocycles. The fourth-order valence-corrected chi connectivity index (χ4v) is 3.04. The summed E-state index contributed by atoms with van der Waals surface area (Å²) in [6, 6.07) is 12.9. The molecule has 0 bridgehead atoms. The third kappa shape index (κ3) is 5.55. The summed E-state index contributed by atoms with van der Waals surface area (Å²) in [5.41, 5.74) is 1.87. The first-order valence-corrected chi connectivity index (χ1v) is 10.1. The van der Waals surface area contributed by atoms with Crippen LogP contribution in [0.1, 0.15) is 51.7 Å². The van der Waals surface area contributed by atoms with E-state index in [2.05, 4.69) is 33.4 Å². The predicted molar refractivity (Wildman–Crippen MR) is 112 cm³/mol. The van der Waals surface area contributed by atoms with E-state index in [1.165, 1.54) is 18.4 Å². The minimum atomic E-state index is -0.451. The van der Waals surface area contributed by atoms with Crippen LogP contribution in [-0.4, -0.2) is 28.4 Å². The molecule has 1 fully saturated rings. The van der Waals surface area contributed by atoms with Gasteiger partial charge < -0.3 is 10.1 Å². The minimum absolute atomic E-state index is 0.0167. The second-order valence-electron chi connectivity index (χ2n) is 8.43. The molecule has 0 aliphatic heterocycles. The van der Waals surface area contributed by atoms with Gasteiger partial charge in [-0.3, -0.25) is 9.69 Å². The number of ether oxygens (including phenoxy) is 1. The molecular formula is C23H31N3O2. The maximum atomic E-state index is 12.4. The Hall–Kier alpha value is -2.40. The van der Waals surface area contributed by atoms with Crippen molar-refractivity contribution in [3.63, 3.8) is 0 Å². The highest BCUT2D eigenvalue weighted by Crippen LogP contribution is 2.31. The molecule has 1 aliphatic carbocycles. The van der Waals surface area contributed by atoms with Crippen LogP contribution in [0.2, 0.25) is 0 Å². The Balaban J connectivity index is 1.72. The zero-order chi connectivity index (χ0) is 20.1. The second-order valence-corrected chi connectivity index (χ2v) is 8.43. The third-order valence-electron chi connectivity index (χ3n) is 4.86. The zero-order valence-electron chi connectivity index (χ0n) is 17.4. The molecule has 150 valence electrons. The predicted octanol–water partition coefficient (Wildman–Crippen LogP) is 4.63. The molecular weight excluding hydrogens is 350 g/mol. The van der Waals surface area contributed by atoms with E-state index < -0.39 is 5.41 Å². The Bertz CT molecular complexity index is 792. The Morgan fingerprint density at radius 2 is 1.89 bits per heavy atom. The lowest BCUT2D eigenvalue weighted by Gasteiger charge is -2.24. The molecule has 0 radical (unpaired) electrons. The van der Waals surface area contributed by atoms with Gasteiger partial charge in [0, 0.05) is 36.3 Å². The van der Waals surface area contributed by atoms with E-state index >= 15 is 0 Å². The van der Waals surface area contributed by atoms with E-state index in [1.54, 1.807) is 6.20 Å². The first kappa shape index (κ1) is 20.3. The fourth-order valence-electron chi connectivity index (χ4n) is 3.04. The van der Waals surface area contributed by atoms with Gasteiger partial charge >= 0.3 is 0 Å². The summed E-state index contributed by atoms with van der Waals surface area (Å²) in [5.74, 6) is 1.56. The summed E-state index contributed by atoms with van der Waals surface area (Å²) < 4.78 is 5.54. The minimum Gasteiger partial charge on any atom is -0.494 e. The molecule has 5 heteroatoms. The highest BCUT2D eigenvalue weighted by Gasteiger charge is 2.30. The number of amides is 1. The number of anilines is 1. The van der Waals surface area contributed by atoms with Gasteiger partial charge in [-0.2, -0.15) is 0 Å². The van der Waals surface area contributed by atoms with Crippen molar-refractivity contribution in [1.29, 1.82) is 0 Å². The maximum absolute atomic E-state index is 12.4. The van der Waals surface area contributed by atoms with Gasteiger partial charge in [-0.15, -0.1) is 0 Å². The van der Waals surface area contributed by atoms with E-state index in [0.717, 1.165) is 24.4 Å². The Morgan fingerprint density at radius 3 is 2.50 bits per heavy atom. The summed E-state index contributed by atoms with van der Waals surface area (Å²) in [6.07, 6.45) is 4.18. The van der Waals surface area contributed by atoms with Crippen molar-refractivity contribution in [3.05, 3.63) is 53.7 Å². The molecule has 2 aromatic rings. The van der Waals surface area contributed by atoms with E-state index in [4.69, 9.17) is 4.74 Å². The lowest BCUT2D eigenvalue weighted by molar-refractivity contribution is -0.123. The largest absolute Gasteiger partial charge is 0.494 e. The van der Waals surface area contributed by atoms with Crippen LogP contribution in [0.25, 0.3) is 0 Å². The summed E-state index contributed by atoms with van der Waals surface area (Å²) in [6.45, 7) is 10.0. The van der Waals surface area contributed by atoms with Gasteiger partial charge in [0.15, 0.2) is 0 Å². The van der Waals surface area contributed by atoms with Crippen molar-refractivity contribution < 1.29 is 9.53 Å². The first-order chi connectivity index (χ1) is 13.4. The van der Waals surface area contributed by atoms with Crippen LogP contribution in [0.3, 0.4) is 0 Å². The molecule has 1 heterocycles. The molecule has 0 spiro atoms. The van der Waals surface area contributed by atoms with Crippen LogP contribution in [0, 0.1) is 5.41 Å². The number of pyridine rings is 1. The van der Waals surface area contributed by atoms with Crippen molar-refractivity contribution in [3.8, 4) is 5.75 Å². The van der Waals surface area contributed by atoms with Crippen LogP contribution in [-0.2, 0) is 17.9 Å². The lowest BCUT2D eigenvalue weighted by Crippen LogP contribution is -2.30. The fraction of sp³-hybridized carbons (Fsp3) is 0.478. The molecule has 0 saturated heterocycles. The van der Waals surface area contributed by atoms with Crippen molar-refractivity contribution in [2.24, 2.45) is 5.41 Å². The van der Waals surface area contributed by atoms with E-state index in [9.17, 15) is 4.79 Å². The molecule has 3 rings (SSSR count). The monoisotopic (exact) mass is 381 g/mol. The average Bonchev–Trinajstić information content (AvgIpc) is 3.49. The second kappa shape index (κ2) is 8.74. The van der Waals surface area contributed by atoms with Crippen LogP contribution < -0.4 is 10.1 Å². The van der Waals surface area contributed by atoms with Gasteiger partial charge in [-0.05, 0) is 43.5 Å². The topological polar surface area (TPSA) is 54.5 Å². The van der Waals surface area contributed by atoms with Crippen molar-refractivity contribution >= 4 is 11.7 Å². The van der Waals surface area contributed by atoms with Gasteiger partial charge in [0.25, 0.3) is 0 Å². The number of carbonyl (C=O) groups is 1. The quantitative estimate of drug-likeness (QED) is 0.724. The highest BCUT2D eigenvalue weighted by molar-refractivity contribution is 5.94. The Morgan fingerprint density at radius 1 is 1.18 bits per heavy atom.